The molecule has 0 saturated heterocycles. The number of thioether (sulfide) groups is 1. The lowest BCUT2D eigenvalue weighted by molar-refractivity contribution is -0.120. The molecule has 0 aliphatic heterocycles. The Morgan fingerprint density at radius 1 is 1.16 bits per heavy atom. The molecule has 0 saturated carbocycles. The molecule has 2 aromatic carbocycles. The minimum absolute atomic E-state index is 0.0333. The van der Waals surface area contributed by atoms with Crippen molar-refractivity contribution in [1.82, 2.24) is 5.32 Å². The summed E-state index contributed by atoms with van der Waals surface area (Å²) in [6, 6.07) is 14.2. The van der Waals surface area contributed by atoms with Gasteiger partial charge < -0.3 is 5.32 Å². The molecule has 0 aromatic heterocycles. The summed E-state index contributed by atoms with van der Waals surface area (Å²) in [6.07, 6.45) is 0.617. The SMILES string of the molecule is CC(Sc1ccc(Br)cc1)C(=O)NCCc1ccc(S(N)(=O)=O)cc1. The van der Waals surface area contributed by atoms with E-state index < -0.39 is 10.0 Å². The fourth-order valence-corrected chi connectivity index (χ4v) is 3.76. The first-order chi connectivity index (χ1) is 11.8. The van der Waals surface area contributed by atoms with Crippen molar-refractivity contribution in [2.75, 3.05) is 6.54 Å². The van der Waals surface area contributed by atoms with Gasteiger partial charge in [-0.15, -0.1) is 11.8 Å². The summed E-state index contributed by atoms with van der Waals surface area (Å²) in [4.78, 5) is 13.3. The topological polar surface area (TPSA) is 89.3 Å². The van der Waals surface area contributed by atoms with Gasteiger partial charge in [0, 0.05) is 15.9 Å². The zero-order chi connectivity index (χ0) is 18.4. The minimum Gasteiger partial charge on any atom is -0.355 e. The van der Waals surface area contributed by atoms with Crippen LogP contribution in [0.5, 0.6) is 0 Å². The molecule has 1 unspecified atom stereocenters. The lowest BCUT2D eigenvalue weighted by atomic mass is 10.1. The van der Waals surface area contributed by atoms with Crippen molar-refractivity contribution in [2.24, 2.45) is 5.14 Å². The number of carbonyl (C=O) groups excluding carboxylic acids is 1. The Labute approximate surface area is 160 Å². The molecule has 2 aromatic rings. The number of amides is 1. The van der Waals surface area contributed by atoms with Crippen LogP contribution in [0.4, 0.5) is 0 Å². The van der Waals surface area contributed by atoms with Crippen molar-refractivity contribution in [2.45, 2.75) is 28.4 Å². The molecular weight excluding hydrogens is 424 g/mol. The van der Waals surface area contributed by atoms with Crippen LogP contribution in [0.2, 0.25) is 0 Å². The fourth-order valence-electron chi connectivity index (χ4n) is 2.09. The Morgan fingerprint density at radius 2 is 1.76 bits per heavy atom. The zero-order valence-electron chi connectivity index (χ0n) is 13.6. The molecule has 0 aliphatic carbocycles. The number of nitrogens with one attached hydrogen (secondary N) is 1. The van der Waals surface area contributed by atoms with E-state index in [1.807, 2.05) is 31.2 Å². The highest BCUT2D eigenvalue weighted by atomic mass is 79.9. The number of hydrogen-bond donors (Lipinski definition) is 2. The molecule has 0 aliphatic rings. The van der Waals surface area contributed by atoms with E-state index >= 15 is 0 Å². The maximum absolute atomic E-state index is 12.2. The summed E-state index contributed by atoms with van der Waals surface area (Å²) >= 11 is 4.88. The largest absolute Gasteiger partial charge is 0.355 e. The number of nitrogens with two attached hydrogens (primary N) is 1. The van der Waals surface area contributed by atoms with Crippen LogP contribution in [-0.4, -0.2) is 26.1 Å². The van der Waals surface area contributed by atoms with Crippen LogP contribution in [0.15, 0.2) is 62.8 Å². The third-order valence-electron chi connectivity index (χ3n) is 3.46. The average molecular weight is 443 g/mol. The summed E-state index contributed by atoms with van der Waals surface area (Å²) < 4.78 is 23.4. The summed E-state index contributed by atoms with van der Waals surface area (Å²) in [6.45, 7) is 2.35. The Bertz CT molecular complexity index is 822. The number of carbonyl (C=O) groups is 1. The van der Waals surface area contributed by atoms with Gasteiger partial charge in [-0.25, -0.2) is 13.6 Å². The van der Waals surface area contributed by atoms with E-state index in [9.17, 15) is 13.2 Å². The standard InChI is InChI=1S/C17H19BrN2O3S2/c1-12(24-15-6-4-14(18)5-7-15)17(21)20-11-10-13-2-8-16(9-3-13)25(19,22)23/h2-9,12H,10-11H2,1H3,(H,20,21)(H2,19,22,23). The Balaban J connectivity index is 1.80. The first-order valence-electron chi connectivity index (χ1n) is 7.57. The number of benzene rings is 2. The highest BCUT2D eigenvalue weighted by Crippen LogP contribution is 2.24. The Morgan fingerprint density at radius 3 is 2.32 bits per heavy atom. The third-order valence-corrected chi connectivity index (χ3v) is 6.03. The number of primary sulfonamides is 1. The predicted molar refractivity (Wildman–Crippen MR) is 104 cm³/mol. The molecule has 0 heterocycles. The van der Waals surface area contributed by atoms with E-state index in [0.29, 0.717) is 13.0 Å². The highest BCUT2D eigenvalue weighted by Gasteiger charge is 2.14. The van der Waals surface area contributed by atoms with E-state index in [4.69, 9.17) is 5.14 Å². The molecule has 2 rings (SSSR count). The lowest BCUT2D eigenvalue weighted by Gasteiger charge is -2.12. The van der Waals surface area contributed by atoms with Gasteiger partial charge in [0.2, 0.25) is 15.9 Å². The molecule has 0 fully saturated rings. The van der Waals surface area contributed by atoms with Crippen LogP contribution >= 0.6 is 27.7 Å². The van der Waals surface area contributed by atoms with E-state index in [1.54, 1.807) is 12.1 Å². The van der Waals surface area contributed by atoms with Gasteiger partial charge in [-0.1, -0.05) is 28.1 Å². The number of sulfonamides is 1. The maximum atomic E-state index is 12.2. The average Bonchev–Trinajstić information content (AvgIpc) is 2.56. The van der Waals surface area contributed by atoms with Gasteiger partial charge in [0.05, 0.1) is 10.1 Å². The summed E-state index contributed by atoms with van der Waals surface area (Å²) in [7, 11) is -3.67. The molecule has 1 amide bonds. The summed E-state index contributed by atoms with van der Waals surface area (Å²) in [5, 5.41) is 7.75. The molecule has 8 heteroatoms. The summed E-state index contributed by atoms with van der Waals surface area (Å²) in [5.74, 6) is -0.0333. The first-order valence-corrected chi connectivity index (χ1v) is 10.8. The van der Waals surface area contributed by atoms with Crippen LogP contribution in [-0.2, 0) is 21.2 Å². The molecular formula is C17H19BrN2O3S2. The quantitative estimate of drug-likeness (QED) is 0.644. The smallest absolute Gasteiger partial charge is 0.238 e. The number of halogens is 1. The monoisotopic (exact) mass is 442 g/mol. The zero-order valence-corrected chi connectivity index (χ0v) is 16.8. The van der Waals surface area contributed by atoms with E-state index in [2.05, 4.69) is 21.2 Å². The second kappa shape index (κ2) is 8.84. The normalized spacial score (nSPS) is 12.6. The Hall–Kier alpha value is -1.35. The second-order valence-corrected chi connectivity index (χ2v) is 9.34. The van der Waals surface area contributed by atoms with E-state index in [-0.39, 0.29) is 16.1 Å². The molecule has 5 nitrogen and oxygen atoms in total. The van der Waals surface area contributed by atoms with Crippen LogP contribution in [0, 0.1) is 0 Å². The predicted octanol–water partition coefficient (Wildman–Crippen LogP) is 2.94. The van der Waals surface area contributed by atoms with Crippen LogP contribution in [0.3, 0.4) is 0 Å². The van der Waals surface area contributed by atoms with Gasteiger partial charge in [0.1, 0.15) is 0 Å². The van der Waals surface area contributed by atoms with Gasteiger partial charge >= 0.3 is 0 Å². The van der Waals surface area contributed by atoms with Crippen molar-refractivity contribution in [3.63, 3.8) is 0 Å². The van der Waals surface area contributed by atoms with Gasteiger partial charge in [-0.05, 0) is 55.3 Å². The van der Waals surface area contributed by atoms with Gasteiger partial charge in [0.15, 0.2) is 0 Å². The van der Waals surface area contributed by atoms with Gasteiger partial charge in [0.25, 0.3) is 0 Å². The van der Waals surface area contributed by atoms with Crippen molar-refractivity contribution in [3.05, 3.63) is 58.6 Å². The molecule has 3 N–H and O–H groups in total. The van der Waals surface area contributed by atoms with Crippen LogP contribution in [0.1, 0.15) is 12.5 Å². The van der Waals surface area contributed by atoms with Crippen LogP contribution in [0.25, 0.3) is 0 Å². The molecule has 0 radical (unpaired) electrons. The lowest BCUT2D eigenvalue weighted by Crippen LogP contribution is -2.32. The first kappa shape index (κ1) is 20.0. The van der Waals surface area contributed by atoms with E-state index in [1.165, 1.54) is 23.9 Å². The van der Waals surface area contributed by atoms with Gasteiger partial charge in [-0.3, -0.25) is 4.79 Å². The molecule has 1 atom stereocenters. The minimum atomic E-state index is -3.67. The molecule has 0 bridgehead atoms. The van der Waals surface area contributed by atoms with Crippen molar-refractivity contribution < 1.29 is 13.2 Å². The molecule has 25 heavy (non-hydrogen) atoms. The maximum Gasteiger partial charge on any atom is 0.238 e. The third kappa shape index (κ3) is 6.47. The van der Waals surface area contributed by atoms with Crippen molar-refractivity contribution >= 4 is 43.6 Å². The fraction of sp³-hybridized carbons (Fsp3) is 0.235. The molecule has 0 spiro atoms. The second-order valence-electron chi connectivity index (χ2n) is 5.44. The van der Waals surface area contributed by atoms with Crippen molar-refractivity contribution in [1.29, 1.82) is 0 Å². The highest BCUT2D eigenvalue weighted by molar-refractivity contribution is 9.10. The van der Waals surface area contributed by atoms with Crippen molar-refractivity contribution in [3.8, 4) is 0 Å². The summed E-state index contributed by atoms with van der Waals surface area (Å²) in [5.41, 5.74) is 0.931. The van der Waals surface area contributed by atoms with Gasteiger partial charge in [-0.2, -0.15) is 0 Å². The number of rotatable bonds is 7. The number of hydrogen-bond acceptors (Lipinski definition) is 4. The Kier molecular flexibility index (Phi) is 7.06. The van der Waals surface area contributed by atoms with Crippen LogP contribution < -0.4 is 10.5 Å². The molecule has 134 valence electrons. The van der Waals surface area contributed by atoms with E-state index in [0.717, 1.165) is 14.9 Å².